The number of hydrogen-bond donors (Lipinski definition) is 2. The summed E-state index contributed by atoms with van der Waals surface area (Å²) in [7, 11) is 0. The molecule has 0 bridgehead atoms. The number of carbonyl (C=O) groups excluding carboxylic acids is 2. The van der Waals surface area contributed by atoms with Crippen molar-refractivity contribution >= 4 is 17.6 Å². The van der Waals surface area contributed by atoms with Gasteiger partial charge in [0.2, 0.25) is 11.8 Å². The van der Waals surface area contributed by atoms with Crippen LogP contribution in [0, 0.1) is 17.2 Å². The average Bonchev–Trinajstić information content (AvgIpc) is 3.92. The molecule has 3 atom stereocenters. The molecular weight excluding hydrogens is 544 g/mol. The normalized spacial score (nSPS) is 22.6. The van der Waals surface area contributed by atoms with Gasteiger partial charge in [0, 0.05) is 42.9 Å². The molecule has 6 rings (SSSR count). The quantitative estimate of drug-likeness (QED) is 0.413. The average molecular weight is 574 g/mol. The second kappa shape index (κ2) is 11.1. The molecule has 3 aliphatic rings. The van der Waals surface area contributed by atoms with E-state index in [-0.39, 0.29) is 42.0 Å². The predicted octanol–water partition coefficient (Wildman–Crippen LogP) is 4.24. The van der Waals surface area contributed by atoms with Crippen molar-refractivity contribution in [3.8, 4) is 22.9 Å². The van der Waals surface area contributed by atoms with Gasteiger partial charge in [-0.25, -0.2) is 13.8 Å². The van der Waals surface area contributed by atoms with Crippen molar-refractivity contribution in [1.29, 1.82) is 5.26 Å². The number of amides is 2. The Morgan fingerprint density at radius 2 is 1.93 bits per heavy atom. The lowest BCUT2D eigenvalue weighted by molar-refractivity contribution is -0.161. The minimum Gasteiger partial charge on any atom is -0.483 e. The molecule has 11 heteroatoms. The fourth-order valence-electron chi connectivity index (χ4n) is 5.44. The second-order valence-corrected chi connectivity index (χ2v) is 11.1. The molecule has 0 radical (unpaired) electrons. The summed E-state index contributed by atoms with van der Waals surface area (Å²) in [5, 5.41) is 21.6. The zero-order chi connectivity index (χ0) is 29.4. The summed E-state index contributed by atoms with van der Waals surface area (Å²) >= 11 is 0. The zero-order valence-corrected chi connectivity index (χ0v) is 22.7. The second-order valence-electron chi connectivity index (χ2n) is 11.1. The lowest BCUT2D eigenvalue weighted by Crippen LogP contribution is -2.55. The fourth-order valence-corrected chi connectivity index (χ4v) is 5.44. The van der Waals surface area contributed by atoms with Crippen LogP contribution in [0.4, 0.5) is 14.6 Å². The number of carbonyl (C=O) groups is 2. The molecule has 0 spiro atoms. The number of nitrogens with one attached hydrogen (secondary N) is 1. The van der Waals surface area contributed by atoms with Gasteiger partial charge in [-0.2, -0.15) is 5.26 Å². The van der Waals surface area contributed by atoms with Gasteiger partial charge >= 0.3 is 5.92 Å². The molecule has 216 valence electrons. The Morgan fingerprint density at radius 1 is 1.12 bits per heavy atom. The summed E-state index contributed by atoms with van der Waals surface area (Å²) in [6.07, 6.45) is 4.89. The van der Waals surface area contributed by atoms with Gasteiger partial charge in [0.25, 0.3) is 0 Å². The number of ether oxygens (including phenoxy) is 1. The van der Waals surface area contributed by atoms with Gasteiger partial charge in [0.05, 0.1) is 12.1 Å². The highest BCUT2D eigenvalue weighted by Crippen LogP contribution is 2.48. The van der Waals surface area contributed by atoms with Crippen LogP contribution in [0.1, 0.15) is 54.3 Å². The topological polar surface area (TPSA) is 128 Å². The number of rotatable bonds is 8. The molecule has 42 heavy (non-hydrogen) atoms. The SMILES string of the molecule is N#Cc1cc(-c2ccnc(NC(=O)[C@@H]3C[C@H]3c3ccc(C4CC4)nc3)c2)ccc1O[C@H]1CCN(C(=O)CO)CC1(F)F. The molecule has 3 heterocycles. The van der Waals surface area contributed by atoms with Gasteiger partial charge in [-0.1, -0.05) is 12.1 Å². The van der Waals surface area contributed by atoms with Gasteiger partial charge < -0.3 is 20.1 Å². The maximum Gasteiger partial charge on any atom is 0.301 e. The van der Waals surface area contributed by atoms with Crippen molar-refractivity contribution in [3.05, 3.63) is 71.7 Å². The number of piperidine rings is 1. The molecule has 2 N–H and O–H groups in total. The minimum atomic E-state index is -3.36. The summed E-state index contributed by atoms with van der Waals surface area (Å²) in [6.45, 7) is -1.69. The maximum absolute atomic E-state index is 14.7. The van der Waals surface area contributed by atoms with E-state index in [1.165, 1.54) is 25.0 Å². The van der Waals surface area contributed by atoms with E-state index in [0.717, 1.165) is 22.6 Å². The van der Waals surface area contributed by atoms with E-state index in [0.29, 0.717) is 22.9 Å². The van der Waals surface area contributed by atoms with E-state index in [1.54, 1.807) is 24.4 Å². The lowest BCUT2D eigenvalue weighted by Gasteiger charge is -2.38. The summed E-state index contributed by atoms with van der Waals surface area (Å²) in [4.78, 5) is 34.3. The van der Waals surface area contributed by atoms with E-state index < -0.39 is 31.1 Å². The number of aliphatic hydroxyl groups is 1. The Hall–Kier alpha value is -4.43. The van der Waals surface area contributed by atoms with Gasteiger partial charge in [0.1, 0.15) is 24.2 Å². The third-order valence-electron chi connectivity index (χ3n) is 8.10. The van der Waals surface area contributed by atoms with Crippen LogP contribution in [0.3, 0.4) is 0 Å². The molecule has 2 saturated carbocycles. The molecule has 3 fully saturated rings. The number of benzene rings is 1. The molecule has 1 aromatic carbocycles. The first-order valence-corrected chi connectivity index (χ1v) is 14.0. The first-order chi connectivity index (χ1) is 20.3. The third kappa shape index (κ3) is 5.81. The van der Waals surface area contributed by atoms with Crippen LogP contribution >= 0.6 is 0 Å². The molecule has 9 nitrogen and oxygen atoms in total. The summed E-state index contributed by atoms with van der Waals surface area (Å²) < 4.78 is 35.0. The van der Waals surface area contributed by atoms with Crippen LogP contribution in [0.25, 0.3) is 11.1 Å². The molecular formula is C31H29F2N5O4. The minimum absolute atomic E-state index is 0.00914. The Bertz CT molecular complexity index is 1550. The van der Waals surface area contributed by atoms with E-state index in [1.807, 2.05) is 12.3 Å². The Morgan fingerprint density at radius 3 is 2.62 bits per heavy atom. The highest BCUT2D eigenvalue weighted by atomic mass is 19.3. The summed E-state index contributed by atoms with van der Waals surface area (Å²) in [5.41, 5.74) is 3.56. The Kier molecular flexibility index (Phi) is 7.33. The molecule has 2 aromatic heterocycles. The highest BCUT2D eigenvalue weighted by Gasteiger charge is 2.48. The number of anilines is 1. The van der Waals surface area contributed by atoms with Crippen LogP contribution in [-0.2, 0) is 9.59 Å². The van der Waals surface area contributed by atoms with Gasteiger partial charge in [-0.3, -0.25) is 14.6 Å². The molecule has 2 amide bonds. The highest BCUT2D eigenvalue weighted by molar-refractivity contribution is 5.95. The smallest absolute Gasteiger partial charge is 0.301 e. The van der Waals surface area contributed by atoms with Crippen molar-refractivity contribution in [2.45, 2.75) is 49.5 Å². The van der Waals surface area contributed by atoms with Gasteiger partial charge in [-0.15, -0.1) is 0 Å². The maximum atomic E-state index is 14.7. The summed E-state index contributed by atoms with van der Waals surface area (Å²) in [5.74, 6) is -3.30. The standard InChI is InChI=1S/C31H29F2N5O4/c32-31(33)17-38(29(40)16-39)10-8-27(31)42-26-6-4-19(11-22(26)14-34)20-7-9-35-28(12-20)37-30(41)24-13-23(24)21-3-5-25(36-15-21)18-1-2-18/h3-7,9,11-12,15,18,23-24,27,39H,1-2,8,10,13,16-17H2,(H,35,37,41)/t23-,24+,27-/m0/s1. The van der Waals surface area contributed by atoms with Crippen molar-refractivity contribution < 1.29 is 28.2 Å². The fraction of sp³-hybridized carbons (Fsp3) is 0.387. The number of alkyl halides is 2. The van der Waals surface area contributed by atoms with Crippen molar-refractivity contribution in [2.24, 2.45) is 5.92 Å². The third-order valence-corrected chi connectivity index (χ3v) is 8.10. The Balaban J connectivity index is 1.10. The number of hydrogen-bond acceptors (Lipinski definition) is 7. The van der Waals surface area contributed by atoms with Gasteiger partial charge in [0.15, 0.2) is 6.10 Å². The van der Waals surface area contributed by atoms with Gasteiger partial charge in [-0.05, 0) is 72.2 Å². The number of aromatic nitrogens is 2. The molecule has 2 aliphatic carbocycles. The van der Waals surface area contributed by atoms with Crippen LogP contribution in [0.5, 0.6) is 5.75 Å². The van der Waals surface area contributed by atoms with Crippen LogP contribution in [-0.4, -0.2) is 63.5 Å². The van der Waals surface area contributed by atoms with E-state index in [9.17, 15) is 23.6 Å². The predicted molar refractivity (Wildman–Crippen MR) is 148 cm³/mol. The first kappa shape index (κ1) is 27.7. The number of nitriles is 1. The number of nitrogens with zero attached hydrogens (tertiary/aromatic N) is 4. The number of pyridine rings is 2. The first-order valence-electron chi connectivity index (χ1n) is 14.0. The van der Waals surface area contributed by atoms with Crippen molar-refractivity contribution in [3.63, 3.8) is 0 Å². The number of aliphatic hydroxyl groups excluding tert-OH is 1. The molecule has 1 aliphatic heterocycles. The Labute approximate surface area is 241 Å². The van der Waals surface area contributed by atoms with E-state index >= 15 is 0 Å². The molecule has 1 saturated heterocycles. The zero-order valence-electron chi connectivity index (χ0n) is 22.7. The summed E-state index contributed by atoms with van der Waals surface area (Å²) in [6, 6.07) is 14.2. The largest absolute Gasteiger partial charge is 0.483 e. The van der Waals surface area contributed by atoms with E-state index in [4.69, 9.17) is 9.84 Å². The molecule has 3 aromatic rings. The van der Waals surface area contributed by atoms with Crippen LogP contribution in [0.15, 0.2) is 54.9 Å². The van der Waals surface area contributed by atoms with Crippen LogP contribution < -0.4 is 10.1 Å². The number of likely N-dealkylation sites (tertiary alicyclic amines) is 1. The monoisotopic (exact) mass is 573 g/mol. The van der Waals surface area contributed by atoms with Crippen molar-refractivity contribution in [2.75, 3.05) is 25.0 Å². The molecule has 0 unspecified atom stereocenters. The lowest BCUT2D eigenvalue weighted by atomic mass is 10.0. The number of halogens is 2. The van der Waals surface area contributed by atoms with Crippen molar-refractivity contribution in [1.82, 2.24) is 14.9 Å². The van der Waals surface area contributed by atoms with Crippen LogP contribution in [0.2, 0.25) is 0 Å². The van der Waals surface area contributed by atoms with E-state index in [2.05, 4.69) is 27.4 Å².